The predicted molar refractivity (Wildman–Crippen MR) is 92.9 cm³/mol. The van der Waals surface area contributed by atoms with Crippen molar-refractivity contribution in [3.8, 4) is 0 Å². The van der Waals surface area contributed by atoms with E-state index in [1.807, 2.05) is 0 Å². The van der Waals surface area contributed by atoms with Crippen LogP contribution in [0.25, 0.3) is 0 Å². The van der Waals surface area contributed by atoms with Gasteiger partial charge in [0.15, 0.2) is 0 Å². The molecule has 0 saturated carbocycles. The van der Waals surface area contributed by atoms with Crippen molar-refractivity contribution in [3.05, 3.63) is 29.3 Å². The normalized spacial score (nSPS) is 19.4. The summed E-state index contributed by atoms with van der Waals surface area (Å²) in [6.45, 7) is 0.977. The Labute approximate surface area is 155 Å². The van der Waals surface area contributed by atoms with Crippen molar-refractivity contribution in [2.24, 2.45) is 0 Å². The minimum Gasteiger partial charge on any atom is -0.464 e. The first-order valence-electron chi connectivity index (χ1n) is 8.53. The highest BCUT2D eigenvalue weighted by Gasteiger charge is 2.47. The third kappa shape index (κ3) is 3.16. The van der Waals surface area contributed by atoms with Crippen LogP contribution in [0.1, 0.15) is 40.5 Å². The van der Waals surface area contributed by atoms with E-state index in [9.17, 15) is 24.0 Å². The third-order valence-electron chi connectivity index (χ3n) is 4.63. The molecule has 1 aromatic rings. The first-order chi connectivity index (χ1) is 12.9. The van der Waals surface area contributed by atoms with E-state index >= 15 is 0 Å². The van der Waals surface area contributed by atoms with Crippen molar-refractivity contribution in [2.75, 3.05) is 25.5 Å². The number of nitrogens with zero attached hydrogens (tertiary/aromatic N) is 2. The number of amides is 4. The molecule has 2 heterocycles. The molecule has 1 N–H and O–H groups in total. The molecule has 2 aliphatic rings. The Morgan fingerprint density at radius 2 is 1.96 bits per heavy atom. The highest BCUT2D eigenvalue weighted by atomic mass is 16.5. The number of esters is 1. The Kier molecular flexibility index (Phi) is 4.93. The topological polar surface area (TPSA) is 113 Å². The van der Waals surface area contributed by atoms with Crippen LogP contribution in [0.4, 0.5) is 5.69 Å². The molecule has 0 aromatic heterocycles. The molecular formula is C18H19N3O6. The smallest absolute Gasteiger partial charge is 0.302 e. The second-order valence-electron chi connectivity index (χ2n) is 6.24. The zero-order valence-corrected chi connectivity index (χ0v) is 15.0. The monoisotopic (exact) mass is 373 g/mol. The maximum Gasteiger partial charge on any atom is 0.302 e. The summed E-state index contributed by atoms with van der Waals surface area (Å²) in [6, 6.07) is 3.80. The molecule has 0 aliphatic carbocycles. The number of rotatable bonds is 5. The van der Waals surface area contributed by atoms with Crippen LogP contribution in [-0.2, 0) is 19.1 Å². The molecule has 2 aliphatic heterocycles. The van der Waals surface area contributed by atoms with Gasteiger partial charge in [-0.1, -0.05) is 6.07 Å². The Morgan fingerprint density at radius 3 is 2.63 bits per heavy atom. The molecule has 0 bridgehead atoms. The van der Waals surface area contributed by atoms with Crippen LogP contribution in [0, 0.1) is 0 Å². The van der Waals surface area contributed by atoms with E-state index in [0.717, 1.165) is 9.80 Å². The number of carbonyl (C=O) groups excluding carboxylic acids is 5. The minimum absolute atomic E-state index is 0.0166. The third-order valence-corrected chi connectivity index (χ3v) is 4.63. The number of benzene rings is 1. The van der Waals surface area contributed by atoms with E-state index in [2.05, 4.69) is 5.32 Å². The maximum absolute atomic E-state index is 12.9. The molecule has 9 nitrogen and oxygen atoms in total. The van der Waals surface area contributed by atoms with E-state index in [-0.39, 0.29) is 37.1 Å². The summed E-state index contributed by atoms with van der Waals surface area (Å²) in [5, 5.41) is 2.87. The van der Waals surface area contributed by atoms with Crippen LogP contribution in [0.2, 0.25) is 0 Å². The van der Waals surface area contributed by atoms with Gasteiger partial charge in [-0.05, 0) is 18.6 Å². The first-order valence-corrected chi connectivity index (χ1v) is 8.53. The molecule has 0 radical (unpaired) electrons. The maximum atomic E-state index is 12.9. The molecule has 3 rings (SSSR count). The lowest BCUT2D eigenvalue weighted by atomic mass is 10.0. The highest BCUT2D eigenvalue weighted by molar-refractivity contribution is 6.25. The fraction of sp³-hybridized carbons (Fsp3) is 0.389. The van der Waals surface area contributed by atoms with Gasteiger partial charge in [0.2, 0.25) is 5.91 Å². The van der Waals surface area contributed by atoms with Crippen LogP contribution in [0.15, 0.2) is 18.2 Å². The number of nitrogens with one attached hydrogen (secondary N) is 1. The Hall–Kier alpha value is -3.23. The van der Waals surface area contributed by atoms with Crippen LogP contribution in [0.3, 0.4) is 0 Å². The van der Waals surface area contributed by atoms with Crippen molar-refractivity contribution in [1.82, 2.24) is 9.80 Å². The molecule has 1 atom stereocenters. The number of anilines is 1. The van der Waals surface area contributed by atoms with Crippen molar-refractivity contribution < 1.29 is 28.7 Å². The van der Waals surface area contributed by atoms with Crippen LogP contribution < -0.4 is 5.32 Å². The van der Waals surface area contributed by atoms with Gasteiger partial charge < -0.3 is 10.1 Å². The Balaban J connectivity index is 1.85. The molecule has 1 unspecified atom stereocenters. The van der Waals surface area contributed by atoms with E-state index in [1.165, 1.54) is 13.0 Å². The number of fused-ring (bicyclic) bond motifs is 1. The van der Waals surface area contributed by atoms with Crippen molar-refractivity contribution in [3.63, 3.8) is 0 Å². The second-order valence-corrected chi connectivity index (χ2v) is 6.24. The number of hydrogen-bond donors (Lipinski definition) is 1. The van der Waals surface area contributed by atoms with E-state index in [0.29, 0.717) is 5.69 Å². The quantitative estimate of drug-likeness (QED) is 0.587. The van der Waals surface area contributed by atoms with Gasteiger partial charge in [0.1, 0.15) is 12.6 Å². The Bertz CT molecular complexity index is 849. The second kappa shape index (κ2) is 7.18. The summed E-state index contributed by atoms with van der Waals surface area (Å²) < 4.78 is 4.78. The molecular weight excluding hydrogens is 354 g/mol. The first kappa shape index (κ1) is 18.6. The zero-order valence-electron chi connectivity index (χ0n) is 15.0. The molecule has 0 spiro atoms. The largest absolute Gasteiger partial charge is 0.464 e. The van der Waals surface area contributed by atoms with Gasteiger partial charge >= 0.3 is 5.97 Å². The van der Waals surface area contributed by atoms with Crippen LogP contribution in [0.5, 0.6) is 0 Å². The Morgan fingerprint density at radius 1 is 1.22 bits per heavy atom. The van der Waals surface area contributed by atoms with Gasteiger partial charge in [0, 0.05) is 26.1 Å². The molecule has 1 saturated heterocycles. The number of likely N-dealkylation sites (tertiary alicyclic amines) is 1. The summed E-state index contributed by atoms with van der Waals surface area (Å²) in [5.74, 6) is -2.70. The molecule has 1 aromatic carbocycles. The van der Waals surface area contributed by atoms with Crippen LogP contribution in [-0.4, -0.2) is 65.6 Å². The summed E-state index contributed by atoms with van der Waals surface area (Å²) >= 11 is 0. The standard InChI is InChI=1S/C18H19N3O6/c1-10(22)27-9-8-20-14(23)7-6-13(17(20)25)21-16(24)11-4-3-5-12(19-2)15(11)18(21)26/h3-5,13,19H,6-9H2,1-2H3. The average Bonchev–Trinajstić information content (AvgIpc) is 2.89. The van der Waals surface area contributed by atoms with E-state index < -0.39 is 35.6 Å². The summed E-state index contributed by atoms with van der Waals surface area (Å²) in [4.78, 5) is 63.3. The number of piperidine rings is 1. The van der Waals surface area contributed by atoms with Crippen molar-refractivity contribution >= 4 is 35.3 Å². The lowest BCUT2D eigenvalue weighted by molar-refractivity contribution is -0.155. The van der Waals surface area contributed by atoms with Crippen molar-refractivity contribution in [1.29, 1.82) is 0 Å². The number of ether oxygens (including phenoxy) is 1. The summed E-state index contributed by atoms with van der Waals surface area (Å²) in [7, 11) is 1.64. The van der Waals surface area contributed by atoms with Gasteiger partial charge in [0.05, 0.1) is 17.7 Å². The van der Waals surface area contributed by atoms with Crippen molar-refractivity contribution in [2.45, 2.75) is 25.8 Å². The molecule has 27 heavy (non-hydrogen) atoms. The van der Waals surface area contributed by atoms with E-state index in [4.69, 9.17) is 4.74 Å². The lowest BCUT2D eigenvalue weighted by Crippen LogP contribution is -2.56. The number of hydrogen-bond acceptors (Lipinski definition) is 7. The lowest BCUT2D eigenvalue weighted by Gasteiger charge is -2.34. The minimum atomic E-state index is -1.06. The van der Waals surface area contributed by atoms with Gasteiger partial charge in [-0.25, -0.2) is 0 Å². The molecule has 142 valence electrons. The van der Waals surface area contributed by atoms with Crippen LogP contribution >= 0.6 is 0 Å². The van der Waals surface area contributed by atoms with E-state index in [1.54, 1.807) is 19.2 Å². The van der Waals surface area contributed by atoms with Gasteiger partial charge in [-0.3, -0.25) is 33.8 Å². The molecule has 1 fully saturated rings. The fourth-order valence-corrected chi connectivity index (χ4v) is 3.37. The fourth-order valence-electron chi connectivity index (χ4n) is 3.37. The predicted octanol–water partition coefficient (Wildman–Crippen LogP) is 0.405. The highest BCUT2D eigenvalue weighted by Crippen LogP contribution is 2.33. The van der Waals surface area contributed by atoms with Gasteiger partial charge in [0.25, 0.3) is 17.7 Å². The number of carbonyl (C=O) groups is 5. The zero-order chi connectivity index (χ0) is 19.7. The van der Waals surface area contributed by atoms with Gasteiger partial charge in [-0.2, -0.15) is 0 Å². The SMILES string of the molecule is CNc1cccc2c1C(=O)N(C1CCC(=O)N(CCOC(C)=O)C1=O)C2=O. The average molecular weight is 373 g/mol. The summed E-state index contributed by atoms with van der Waals surface area (Å²) in [6.07, 6.45) is 0.0882. The summed E-state index contributed by atoms with van der Waals surface area (Å²) in [5.41, 5.74) is 0.948. The number of imide groups is 2. The molecule has 4 amide bonds. The molecule has 9 heteroatoms. The van der Waals surface area contributed by atoms with Gasteiger partial charge in [-0.15, -0.1) is 0 Å².